The third-order valence-electron chi connectivity index (χ3n) is 4.74. The van der Waals surface area contributed by atoms with E-state index in [-0.39, 0.29) is 5.97 Å². The van der Waals surface area contributed by atoms with Gasteiger partial charge in [0, 0.05) is 11.1 Å². The summed E-state index contributed by atoms with van der Waals surface area (Å²) in [5, 5.41) is 4.88. The predicted octanol–water partition coefficient (Wildman–Crippen LogP) is 5.69. The maximum atomic E-state index is 13.0. The lowest BCUT2D eigenvalue weighted by molar-refractivity contribution is 0.0516. The number of aromatic nitrogens is 2. The topological polar surface area (TPSA) is 44.1 Å². The van der Waals surface area contributed by atoms with Gasteiger partial charge in [-0.15, -0.1) is 0 Å². The van der Waals surface area contributed by atoms with Gasteiger partial charge in [-0.2, -0.15) is 5.10 Å². The largest absolute Gasteiger partial charge is 0.461 e. The Hall–Kier alpha value is -3.66. The Morgan fingerprint density at radius 2 is 1.48 bits per heavy atom. The second kappa shape index (κ2) is 8.15. The van der Waals surface area contributed by atoms with E-state index in [1.165, 1.54) is 5.56 Å². The zero-order chi connectivity index (χ0) is 20.2. The highest BCUT2D eigenvalue weighted by Crippen LogP contribution is 2.36. The normalized spacial score (nSPS) is 10.7. The third-order valence-corrected chi connectivity index (χ3v) is 4.74. The molecule has 4 nitrogen and oxygen atoms in total. The average molecular weight is 382 g/mol. The van der Waals surface area contributed by atoms with Crippen LogP contribution >= 0.6 is 0 Å². The number of esters is 1. The highest BCUT2D eigenvalue weighted by atomic mass is 16.5. The molecule has 0 aliphatic heterocycles. The van der Waals surface area contributed by atoms with Gasteiger partial charge in [-0.25, -0.2) is 9.48 Å². The number of carbonyl (C=O) groups is 1. The van der Waals surface area contributed by atoms with E-state index in [2.05, 4.69) is 19.1 Å². The molecule has 4 heteroatoms. The van der Waals surface area contributed by atoms with Crippen molar-refractivity contribution in [2.75, 3.05) is 6.61 Å². The third kappa shape index (κ3) is 3.69. The fourth-order valence-corrected chi connectivity index (χ4v) is 3.35. The van der Waals surface area contributed by atoms with Crippen molar-refractivity contribution in [1.82, 2.24) is 9.78 Å². The van der Waals surface area contributed by atoms with E-state index < -0.39 is 0 Å². The average Bonchev–Trinajstić information content (AvgIpc) is 3.16. The molecule has 0 aliphatic carbocycles. The van der Waals surface area contributed by atoms with E-state index in [1.54, 1.807) is 4.68 Å². The predicted molar refractivity (Wildman–Crippen MR) is 115 cm³/mol. The zero-order valence-corrected chi connectivity index (χ0v) is 16.5. The van der Waals surface area contributed by atoms with Crippen molar-refractivity contribution in [1.29, 1.82) is 0 Å². The Morgan fingerprint density at radius 1 is 0.862 bits per heavy atom. The number of benzene rings is 3. The molecule has 0 fully saturated rings. The Labute approximate surface area is 170 Å². The van der Waals surface area contributed by atoms with Gasteiger partial charge in [0.25, 0.3) is 0 Å². The molecule has 4 aromatic rings. The molecule has 1 aromatic heterocycles. The molecule has 0 unspecified atom stereocenters. The van der Waals surface area contributed by atoms with Gasteiger partial charge in [0.2, 0.25) is 0 Å². The van der Waals surface area contributed by atoms with Gasteiger partial charge in [-0.05, 0) is 31.5 Å². The van der Waals surface area contributed by atoms with E-state index >= 15 is 0 Å². The molecule has 0 saturated heterocycles. The molecule has 0 saturated carbocycles. The van der Waals surface area contributed by atoms with Crippen LogP contribution in [0.1, 0.15) is 23.0 Å². The minimum absolute atomic E-state index is 0.299. The minimum atomic E-state index is -0.388. The minimum Gasteiger partial charge on any atom is -0.461 e. The lowest BCUT2D eigenvalue weighted by atomic mass is 9.98. The molecule has 0 aliphatic rings. The first-order chi connectivity index (χ1) is 14.2. The summed E-state index contributed by atoms with van der Waals surface area (Å²) in [5.74, 6) is -0.388. The fraction of sp³-hybridized carbons (Fsp3) is 0.120. The Morgan fingerprint density at radius 3 is 2.10 bits per heavy atom. The van der Waals surface area contributed by atoms with Crippen molar-refractivity contribution < 1.29 is 9.53 Å². The molecule has 144 valence electrons. The van der Waals surface area contributed by atoms with Crippen molar-refractivity contribution in [3.63, 3.8) is 0 Å². The summed E-state index contributed by atoms with van der Waals surface area (Å²) >= 11 is 0. The van der Waals surface area contributed by atoms with Gasteiger partial charge in [-0.3, -0.25) is 0 Å². The summed E-state index contributed by atoms with van der Waals surface area (Å²) in [4.78, 5) is 13.0. The number of para-hydroxylation sites is 1. The second-order valence-electron chi connectivity index (χ2n) is 6.77. The first kappa shape index (κ1) is 18.7. The summed E-state index contributed by atoms with van der Waals surface area (Å²) in [6, 6.07) is 27.7. The molecule has 29 heavy (non-hydrogen) atoms. The number of hydrogen-bond donors (Lipinski definition) is 0. The number of aryl methyl sites for hydroxylation is 1. The molecule has 4 rings (SSSR count). The van der Waals surface area contributed by atoms with Crippen molar-refractivity contribution >= 4 is 5.97 Å². The summed E-state index contributed by atoms with van der Waals surface area (Å²) in [7, 11) is 0. The number of carbonyl (C=O) groups excluding carboxylic acids is 1. The number of nitrogens with zero attached hydrogens (tertiary/aromatic N) is 2. The van der Waals surface area contributed by atoms with E-state index in [4.69, 9.17) is 9.84 Å². The van der Waals surface area contributed by atoms with Crippen LogP contribution in [0, 0.1) is 6.92 Å². The van der Waals surface area contributed by atoms with Crippen LogP contribution in [-0.4, -0.2) is 22.4 Å². The molecule has 0 atom stereocenters. The summed E-state index contributed by atoms with van der Waals surface area (Å²) < 4.78 is 7.11. The number of hydrogen-bond acceptors (Lipinski definition) is 3. The maximum absolute atomic E-state index is 13.0. The van der Waals surface area contributed by atoms with Gasteiger partial charge in [-0.1, -0.05) is 78.4 Å². The van der Waals surface area contributed by atoms with E-state index in [0.29, 0.717) is 12.3 Å². The zero-order valence-electron chi connectivity index (χ0n) is 16.5. The van der Waals surface area contributed by atoms with Gasteiger partial charge in [0.05, 0.1) is 12.3 Å². The van der Waals surface area contributed by atoms with Crippen LogP contribution in [0.5, 0.6) is 0 Å². The number of rotatable bonds is 5. The van der Waals surface area contributed by atoms with Crippen LogP contribution in [0.15, 0.2) is 84.9 Å². The van der Waals surface area contributed by atoms with Crippen molar-refractivity contribution in [3.05, 3.63) is 96.2 Å². The van der Waals surface area contributed by atoms with Crippen LogP contribution < -0.4 is 0 Å². The lowest BCUT2D eigenvalue weighted by Crippen LogP contribution is -2.13. The van der Waals surface area contributed by atoms with E-state index in [1.807, 2.05) is 79.7 Å². The second-order valence-corrected chi connectivity index (χ2v) is 6.77. The summed E-state index contributed by atoms with van der Waals surface area (Å²) in [6.45, 7) is 4.16. The molecule has 0 radical (unpaired) electrons. The highest BCUT2D eigenvalue weighted by molar-refractivity contribution is 6.00. The van der Waals surface area contributed by atoms with Gasteiger partial charge >= 0.3 is 5.97 Å². The first-order valence-corrected chi connectivity index (χ1v) is 9.67. The Bertz CT molecular complexity index is 1110. The quantitative estimate of drug-likeness (QED) is 0.416. The molecule has 1 heterocycles. The van der Waals surface area contributed by atoms with E-state index in [0.717, 1.165) is 28.1 Å². The summed E-state index contributed by atoms with van der Waals surface area (Å²) in [5.41, 5.74) is 5.82. The molecule has 0 amide bonds. The van der Waals surface area contributed by atoms with Crippen molar-refractivity contribution in [2.45, 2.75) is 13.8 Å². The smallest absolute Gasteiger partial charge is 0.357 e. The molecule has 3 aromatic carbocycles. The van der Waals surface area contributed by atoms with Crippen molar-refractivity contribution in [2.24, 2.45) is 0 Å². The van der Waals surface area contributed by atoms with Gasteiger partial charge in [0.1, 0.15) is 5.69 Å². The molecule has 0 spiro atoms. The molecular weight excluding hydrogens is 360 g/mol. The first-order valence-electron chi connectivity index (χ1n) is 9.67. The summed E-state index contributed by atoms with van der Waals surface area (Å²) in [6.07, 6.45) is 0. The monoisotopic (exact) mass is 382 g/mol. The van der Waals surface area contributed by atoms with Gasteiger partial charge < -0.3 is 4.74 Å². The van der Waals surface area contributed by atoms with Crippen molar-refractivity contribution in [3.8, 4) is 28.1 Å². The van der Waals surface area contributed by atoms with E-state index in [9.17, 15) is 4.79 Å². The van der Waals surface area contributed by atoms with Gasteiger partial charge in [0.15, 0.2) is 5.69 Å². The number of ether oxygens (including phenoxy) is 1. The van der Waals surface area contributed by atoms with Crippen LogP contribution in [0.4, 0.5) is 0 Å². The maximum Gasteiger partial charge on any atom is 0.357 e. The fourth-order valence-electron chi connectivity index (χ4n) is 3.35. The molecule has 0 bridgehead atoms. The lowest BCUT2D eigenvalue weighted by Gasteiger charge is -2.09. The van der Waals surface area contributed by atoms with Crippen LogP contribution in [0.25, 0.3) is 28.1 Å². The van der Waals surface area contributed by atoms with Crippen LogP contribution in [0.2, 0.25) is 0 Å². The standard InChI is InChI=1S/C25H22N2O2/c1-3-29-25(28)24-22(19-10-6-4-7-11-19)23(20-16-14-18(2)15-17-20)26-27(24)21-12-8-5-9-13-21/h4-17H,3H2,1-2H3. The molecular formula is C25H22N2O2. The van der Waals surface area contributed by atoms with Crippen LogP contribution in [-0.2, 0) is 4.74 Å². The van der Waals surface area contributed by atoms with Crippen LogP contribution in [0.3, 0.4) is 0 Å². The Balaban J connectivity index is 2.04. The Kier molecular flexibility index (Phi) is 5.25. The SMILES string of the molecule is CCOC(=O)c1c(-c2ccccc2)c(-c2ccc(C)cc2)nn1-c1ccccc1. The molecule has 0 N–H and O–H groups in total. The highest BCUT2D eigenvalue weighted by Gasteiger charge is 2.27.